The Morgan fingerprint density at radius 2 is 1.82 bits per heavy atom. The molecule has 2 unspecified atom stereocenters. The van der Waals surface area contributed by atoms with E-state index >= 15 is 0 Å². The zero-order valence-corrected chi connectivity index (χ0v) is 9.52. The third-order valence-corrected chi connectivity index (χ3v) is 3.05. The van der Waals surface area contributed by atoms with Crippen LogP contribution in [-0.4, -0.2) is 18.5 Å². The molecule has 0 spiro atoms. The van der Waals surface area contributed by atoms with Gasteiger partial charge in [-0.2, -0.15) is 0 Å². The molecule has 0 aliphatic rings. The Balaban J connectivity index is 3.68. The predicted octanol–water partition coefficient (Wildman–Crippen LogP) is 3.08. The van der Waals surface area contributed by atoms with Crippen molar-refractivity contribution in [2.75, 3.05) is 12.4 Å². The lowest BCUT2D eigenvalue weighted by atomic mass is 9.97. The highest BCUT2D eigenvalue weighted by Gasteiger charge is 2.14. The maximum absolute atomic E-state index is 5.36. The van der Waals surface area contributed by atoms with Gasteiger partial charge in [-0.25, -0.2) is 0 Å². The Labute approximate surface area is 78.6 Å². The van der Waals surface area contributed by atoms with Crippen LogP contribution in [0.5, 0.6) is 0 Å². The van der Waals surface area contributed by atoms with Crippen molar-refractivity contribution in [1.29, 1.82) is 0 Å². The second-order valence-corrected chi connectivity index (χ2v) is 4.16. The number of alkyl halides is 1. The van der Waals surface area contributed by atoms with E-state index in [2.05, 4.69) is 36.7 Å². The van der Waals surface area contributed by atoms with Crippen molar-refractivity contribution in [3.63, 3.8) is 0 Å². The largest absolute Gasteiger partial charge is 0.381 e. The number of ether oxygens (including phenoxy) is 1. The van der Waals surface area contributed by atoms with Gasteiger partial charge in [0.2, 0.25) is 0 Å². The standard InChI is InChI=1S/C9H19BrO/c1-7(2)9(11-4)5-8(3)6-10/h7-9H,5-6H2,1-4H3. The minimum absolute atomic E-state index is 0.419. The Hall–Kier alpha value is 0.440. The summed E-state index contributed by atoms with van der Waals surface area (Å²) >= 11 is 3.47. The molecule has 2 heteroatoms. The summed E-state index contributed by atoms with van der Waals surface area (Å²) < 4.78 is 5.36. The van der Waals surface area contributed by atoms with Crippen LogP contribution in [0, 0.1) is 11.8 Å². The van der Waals surface area contributed by atoms with Crippen molar-refractivity contribution in [3.05, 3.63) is 0 Å². The maximum Gasteiger partial charge on any atom is 0.0597 e. The molecule has 0 rings (SSSR count). The Morgan fingerprint density at radius 1 is 1.27 bits per heavy atom. The van der Waals surface area contributed by atoms with Crippen LogP contribution in [-0.2, 0) is 4.74 Å². The van der Waals surface area contributed by atoms with Crippen LogP contribution < -0.4 is 0 Å². The number of methoxy groups -OCH3 is 1. The van der Waals surface area contributed by atoms with E-state index in [1.54, 1.807) is 7.11 Å². The fraction of sp³-hybridized carbons (Fsp3) is 1.00. The highest BCUT2D eigenvalue weighted by Crippen LogP contribution is 2.17. The monoisotopic (exact) mass is 222 g/mol. The minimum Gasteiger partial charge on any atom is -0.381 e. The van der Waals surface area contributed by atoms with Crippen LogP contribution in [0.4, 0.5) is 0 Å². The van der Waals surface area contributed by atoms with Gasteiger partial charge in [-0.1, -0.05) is 36.7 Å². The van der Waals surface area contributed by atoms with Gasteiger partial charge in [0.15, 0.2) is 0 Å². The van der Waals surface area contributed by atoms with Crippen molar-refractivity contribution in [3.8, 4) is 0 Å². The first kappa shape index (κ1) is 11.4. The lowest BCUT2D eigenvalue weighted by Gasteiger charge is -2.21. The molecule has 2 atom stereocenters. The van der Waals surface area contributed by atoms with Crippen LogP contribution in [0.2, 0.25) is 0 Å². The highest BCUT2D eigenvalue weighted by molar-refractivity contribution is 9.09. The second-order valence-electron chi connectivity index (χ2n) is 3.51. The van der Waals surface area contributed by atoms with Gasteiger partial charge in [0, 0.05) is 12.4 Å². The van der Waals surface area contributed by atoms with E-state index < -0.39 is 0 Å². The van der Waals surface area contributed by atoms with Gasteiger partial charge in [0.1, 0.15) is 0 Å². The molecule has 0 saturated carbocycles. The number of hydrogen-bond donors (Lipinski definition) is 0. The molecular formula is C9H19BrO. The minimum atomic E-state index is 0.419. The highest BCUT2D eigenvalue weighted by atomic mass is 79.9. The van der Waals surface area contributed by atoms with Gasteiger partial charge in [0.05, 0.1) is 6.10 Å². The Kier molecular flexibility index (Phi) is 6.25. The summed E-state index contributed by atoms with van der Waals surface area (Å²) in [4.78, 5) is 0. The molecule has 0 radical (unpaired) electrons. The molecule has 0 aromatic rings. The number of halogens is 1. The lowest BCUT2D eigenvalue weighted by Crippen LogP contribution is -2.21. The van der Waals surface area contributed by atoms with Gasteiger partial charge in [-0.15, -0.1) is 0 Å². The van der Waals surface area contributed by atoms with Crippen LogP contribution in [0.25, 0.3) is 0 Å². The summed E-state index contributed by atoms with van der Waals surface area (Å²) in [5.41, 5.74) is 0. The summed E-state index contributed by atoms with van der Waals surface area (Å²) in [6.07, 6.45) is 1.57. The fourth-order valence-electron chi connectivity index (χ4n) is 1.10. The molecule has 0 aromatic carbocycles. The molecule has 68 valence electrons. The summed E-state index contributed by atoms with van der Waals surface area (Å²) in [6.45, 7) is 6.65. The van der Waals surface area contributed by atoms with Gasteiger partial charge in [0.25, 0.3) is 0 Å². The molecule has 0 heterocycles. The molecule has 0 fully saturated rings. The number of rotatable bonds is 5. The molecular weight excluding hydrogens is 204 g/mol. The van der Waals surface area contributed by atoms with Crippen molar-refractivity contribution in [1.82, 2.24) is 0 Å². The van der Waals surface area contributed by atoms with Crippen molar-refractivity contribution < 1.29 is 4.74 Å². The summed E-state index contributed by atoms with van der Waals surface area (Å²) in [7, 11) is 1.80. The lowest BCUT2D eigenvalue weighted by molar-refractivity contribution is 0.0489. The van der Waals surface area contributed by atoms with Crippen molar-refractivity contribution >= 4 is 15.9 Å². The number of hydrogen-bond acceptors (Lipinski definition) is 1. The van der Waals surface area contributed by atoms with E-state index in [1.807, 2.05) is 0 Å². The van der Waals surface area contributed by atoms with E-state index in [-0.39, 0.29) is 0 Å². The van der Waals surface area contributed by atoms with Crippen LogP contribution in [0.15, 0.2) is 0 Å². The molecule has 0 bridgehead atoms. The van der Waals surface area contributed by atoms with Crippen LogP contribution in [0.1, 0.15) is 27.2 Å². The molecule has 0 aromatic heterocycles. The van der Waals surface area contributed by atoms with Gasteiger partial charge in [-0.3, -0.25) is 0 Å². The Bertz CT molecular complexity index is 93.6. The van der Waals surface area contributed by atoms with Crippen molar-refractivity contribution in [2.24, 2.45) is 11.8 Å². The molecule has 0 saturated heterocycles. The topological polar surface area (TPSA) is 9.23 Å². The van der Waals surface area contributed by atoms with E-state index in [1.165, 1.54) is 0 Å². The normalized spacial score (nSPS) is 16.9. The van der Waals surface area contributed by atoms with E-state index in [0.29, 0.717) is 17.9 Å². The van der Waals surface area contributed by atoms with E-state index in [4.69, 9.17) is 4.74 Å². The second kappa shape index (κ2) is 6.01. The molecule has 0 N–H and O–H groups in total. The Morgan fingerprint density at radius 3 is 2.09 bits per heavy atom. The average molecular weight is 223 g/mol. The van der Waals surface area contributed by atoms with Crippen LogP contribution >= 0.6 is 15.9 Å². The summed E-state index contributed by atoms with van der Waals surface area (Å²) in [5, 5.41) is 1.07. The van der Waals surface area contributed by atoms with Crippen LogP contribution in [0.3, 0.4) is 0 Å². The van der Waals surface area contributed by atoms with Gasteiger partial charge in [-0.05, 0) is 18.3 Å². The smallest absolute Gasteiger partial charge is 0.0597 e. The van der Waals surface area contributed by atoms with Gasteiger partial charge < -0.3 is 4.74 Å². The first-order valence-electron chi connectivity index (χ1n) is 4.20. The molecule has 1 nitrogen and oxygen atoms in total. The summed E-state index contributed by atoms with van der Waals surface area (Å²) in [5.74, 6) is 1.34. The average Bonchev–Trinajstić information content (AvgIpc) is 1.99. The molecule has 11 heavy (non-hydrogen) atoms. The summed E-state index contributed by atoms with van der Waals surface area (Å²) in [6, 6.07) is 0. The zero-order valence-electron chi connectivity index (χ0n) is 7.93. The molecule has 0 amide bonds. The SMILES string of the molecule is COC(CC(C)CBr)C(C)C. The third-order valence-electron chi connectivity index (χ3n) is 1.94. The van der Waals surface area contributed by atoms with E-state index in [9.17, 15) is 0 Å². The molecule has 0 aliphatic carbocycles. The van der Waals surface area contributed by atoms with Crippen molar-refractivity contribution in [2.45, 2.75) is 33.3 Å². The predicted molar refractivity (Wildman–Crippen MR) is 53.2 cm³/mol. The first-order chi connectivity index (χ1) is 5.11. The zero-order chi connectivity index (χ0) is 8.85. The van der Waals surface area contributed by atoms with E-state index in [0.717, 1.165) is 11.8 Å². The molecule has 0 aliphatic heterocycles. The fourth-order valence-corrected chi connectivity index (χ4v) is 1.36. The quantitative estimate of drug-likeness (QED) is 0.651. The van der Waals surface area contributed by atoms with Gasteiger partial charge >= 0.3 is 0 Å². The maximum atomic E-state index is 5.36. The third kappa shape index (κ3) is 4.81. The first-order valence-corrected chi connectivity index (χ1v) is 5.32.